The molecule has 2 heterocycles. The quantitative estimate of drug-likeness (QED) is 0.617. The molecule has 2 amide bonds. The first-order valence-electron chi connectivity index (χ1n) is 7.78. The first-order chi connectivity index (χ1) is 12.8. The van der Waals surface area contributed by atoms with E-state index in [-0.39, 0.29) is 23.2 Å². The van der Waals surface area contributed by atoms with Crippen LogP contribution in [0.5, 0.6) is 0 Å². The summed E-state index contributed by atoms with van der Waals surface area (Å²) in [5, 5.41) is 7.10. The molecule has 0 bridgehead atoms. The van der Waals surface area contributed by atoms with Crippen LogP contribution in [-0.4, -0.2) is 22.6 Å². The number of Topliss-reactive ketones (excluding diaryl/α,β-unsaturated/α-hetero) is 1. The van der Waals surface area contributed by atoms with Crippen molar-refractivity contribution in [1.82, 2.24) is 4.98 Å². The van der Waals surface area contributed by atoms with Gasteiger partial charge in [-0.05, 0) is 37.3 Å². The minimum atomic E-state index is -0.534. The number of hydrogen-bond acceptors (Lipinski definition) is 6. The van der Waals surface area contributed by atoms with Crippen molar-refractivity contribution >= 4 is 51.1 Å². The maximum absolute atomic E-state index is 14.3. The normalized spacial score (nSPS) is 10.5. The maximum atomic E-state index is 14.3. The second-order valence-corrected chi connectivity index (χ2v) is 7.53. The Bertz CT molecular complexity index is 1040. The van der Waals surface area contributed by atoms with Gasteiger partial charge in [0.05, 0.1) is 15.4 Å². The first-order valence-corrected chi connectivity index (χ1v) is 9.48. The lowest BCUT2D eigenvalue weighted by atomic mass is 10.1. The van der Waals surface area contributed by atoms with Crippen LogP contribution in [0.3, 0.4) is 0 Å². The molecule has 0 aliphatic rings. The summed E-state index contributed by atoms with van der Waals surface area (Å²) < 4.78 is 14.3. The van der Waals surface area contributed by atoms with Gasteiger partial charge in [-0.25, -0.2) is 9.37 Å². The summed E-state index contributed by atoms with van der Waals surface area (Å²) in [4.78, 5) is 39.7. The number of nitrogens with zero attached hydrogens (tertiary/aromatic N) is 1. The van der Waals surface area contributed by atoms with Crippen LogP contribution in [0.2, 0.25) is 0 Å². The van der Waals surface area contributed by atoms with Gasteiger partial charge in [0.25, 0.3) is 5.91 Å². The number of ketones is 1. The van der Waals surface area contributed by atoms with Crippen LogP contribution in [-0.2, 0) is 4.79 Å². The van der Waals surface area contributed by atoms with Gasteiger partial charge in [0, 0.05) is 23.6 Å². The van der Waals surface area contributed by atoms with E-state index in [0.29, 0.717) is 26.3 Å². The molecule has 6 nitrogen and oxygen atoms in total. The number of benzene rings is 1. The largest absolute Gasteiger partial charge is 0.326 e. The Morgan fingerprint density at radius 2 is 1.78 bits per heavy atom. The molecule has 1 aromatic carbocycles. The van der Waals surface area contributed by atoms with Crippen molar-refractivity contribution in [2.24, 2.45) is 0 Å². The van der Waals surface area contributed by atoms with Crippen LogP contribution in [0.4, 0.5) is 15.2 Å². The highest BCUT2D eigenvalue weighted by Crippen LogP contribution is 2.29. The Morgan fingerprint density at radius 3 is 2.41 bits per heavy atom. The molecule has 0 saturated heterocycles. The molecule has 138 valence electrons. The average Bonchev–Trinajstić information content (AvgIpc) is 3.23. The summed E-state index contributed by atoms with van der Waals surface area (Å²) in [6.07, 6.45) is 0. The number of nitrogens with one attached hydrogen (secondary N) is 2. The molecule has 0 unspecified atom stereocenters. The Kier molecular flexibility index (Phi) is 5.43. The predicted octanol–water partition coefficient (Wildman–Crippen LogP) is 4.42. The van der Waals surface area contributed by atoms with Crippen molar-refractivity contribution in [2.75, 3.05) is 10.6 Å². The molecule has 27 heavy (non-hydrogen) atoms. The van der Waals surface area contributed by atoms with Crippen molar-refractivity contribution in [3.63, 3.8) is 0 Å². The maximum Gasteiger partial charge on any atom is 0.267 e. The van der Waals surface area contributed by atoms with Crippen LogP contribution in [0.1, 0.15) is 33.2 Å². The van der Waals surface area contributed by atoms with Crippen LogP contribution < -0.4 is 10.6 Å². The molecule has 0 aliphatic heterocycles. The van der Waals surface area contributed by atoms with Gasteiger partial charge in [-0.15, -0.1) is 22.7 Å². The minimum absolute atomic E-state index is 0.103. The Labute approximate surface area is 162 Å². The second-order valence-electron chi connectivity index (χ2n) is 5.59. The number of hydrogen-bond donors (Lipinski definition) is 2. The molecule has 0 fully saturated rings. The molecule has 0 saturated carbocycles. The van der Waals surface area contributed by atoms with E-state index < -0.39 is 5.82 Å². The standard InChI is InChI=1S/C18H14FN3O3S2/c1-9(23)15-5-6-16(27-15)17(25)22-18-21-14(8-26-18)12-4-3-11(7-13(12)19)20-10(2)24/h3-8H,1-2H3,(H,20,24)(H,21,22,25). The van der Waals surface area contributed by atoms with Crippen molar-refractivity contribution in [1.29, 1.82) is 0 Å². The SMILES string of the molecule is CC(=O)Nc1ccc(-c2csc(NC(=O)c3ccc(C(C)=O)s3)n2)c(F)c1. The van der Waals surface area contributed by atoms with Gasteiger partial charge in [0.2, 0.25) is 5.91 Å². The summed E-state index contributed by atoms with van der Waals surface area (Å²) in [6, 6.07) is 7.47. The number of thiazole rings is 1. The van der Waals surface area contributed by atoms with Crippen LogP contribution in [0.25, 0.3) is 11.3 Å². The van der Waals surface area contributed by atoms with Crippen LogP contribution in [0, 0.1) is 5.82 Å². The molecule has 0 aliphatic carbocycles. The molecule has 9 heteroatoms. The number of rotatable bonds is 5. The summed E-state index contributed by atoms with van der Waals surface area (Å²) >= 11 is 2.26. The topological polar surface area (TPSA) is 88.2 Å². The second kappa shape index (κ2) is 7.77. The number of aromatic nitrogens is 1. The Hall–Kier alpha value is -2.91. The van der Waals surface area contributed by atoms with E-state index in [4.69, 9.17) is 0 Å². The van der Waals surface area contributed by atoms with E-state index in [1.807, 2.05) is 0 Å². The molecule has 3 rings (SSSR count). The van der Waals surface area contributed by atoms with Crippen molar-refractivity contribution < 1.29 is 18.8 Å². The lowest BCUT2D eigenvalue weighted by molar-refractivity contribution is -0.114. The fraction of sp³-hybridized carbons (Fsp3) is 0.111. The smallest absolute Gasteiger partial charge is 0.267 e. The fourth-order valence-corrected chi connectivity index (χ4v) is 3.77. The van der Waals surface area contributed by atoms with E-state index in [0.717, 1.165) is 22.7 Å². The zero-order chi connectivity index (χ0) is 19.6. The molecule has 0 atom stereocenters. The summed E-state index contributed by atoms with van der Waals surface area (Å²) in [5.41, 5.74) is 0.986. The number of halogens is 1. The van der Waals surface area contributed by atoms with E-state index in [9.17, 15) is 18.8 Å². The molecule has 2 N–H and O–H groups in total. The predicted molar refractivity (Wildman–Crippen MR) is 104 cm³/mol. The van der Waals surface area contributed by atoms with Crippen molar-refractivity contribution in [3.8, 4) is 11.3 Å². The Balaban J connectivity index is 1.75. The number of carbonyl (C=O) groups excluding carboxylic acids is 3. The first kappa shape index (κ1) is 18.9. The molecular weight excluding hydrogens is 389 g/mol. The summed E-state index contributed by atoms with van der Waals surface area (Å²) in [6.45, 7) is 2.78. The van der Waals surface area contributed by atoms with Gasteiger partial charge in [-0.3, -0.25) is 19.7 Å². The van der Waals surface area contributed by atoms with Gasteiger partial charge < -0.3 is 5.32 Å². The van der Waals surface area contributed by atoms with E-state index >= 15 is 0 Å². The monoisotopic (exact) mass is 403 g/mol. The van der Waals surface area contributed by atoms with Gasteiger partial charge in [0.15, 0.2) is 10.9 Å². The van der Waals surface area contributed by atoms with Gasteiger partial charge in [-0.2, -0.15) is 0 Å². The molecule has 0 radical (unpaired) electrons. The molecule has 2 aromatic heterocycles. The van der Waals surface area contributed by atoms with Gasteiger partial charge in [0.1, 0.15) is 5.82 Å². The van der Waals surface area contributed by atoms with E-state index in [2.05, 4.69) is 15.6 Å². The lowest BCUT2D eigenvalue weighted by Crippen LogP contribution is -2.09. The number of thiophene rings is 1. The highest BCUT2D eigenvalue weighted by Gasteiger charge is 2.15. The molecule has 3 aromatic rings. The number of amides is 2. The van der Waals surface area contributed by atoms with Crippen LogP contribution >= 0.6 is 22.7 Å². The van der Waals surface area contributed by atoms with Crippen molar-refractivity contribution in [2.45, 2.75) is 13.8 Å². The number of carbonyl (C=O) groups is 3. The van der Waals surface area contributed by atoms with E-state index in [1.165, 1.54) is 26.0 Å². The zero-order valence-electron chi connectivity index (χ0n) is 14.3. The highest BCUT2D eigenvalue weighted by atomic mass is 32.1. The third-order valence-electron chi connectivity index (χ3n) is 3.47. The average molecular weight is 403 g/mol. The lowest BCUT2D eigenvalue weighted by Gasteiger charge is -2.05. The van der Waals surface area contributed by atoms with E-state index in [1.54, 1.807) is 23.6 Å². The molecule has 0 spiro atoms. The van der Waals surface area contributed by atoms with Crippen molar-refractivity contribution in [3.05, 3.63) is 51.3 Å². The van der Waals surface area contributed by atoms with Gasteiger partial charge in [-0.1, -0.05) is 0 Å². The fourth-order valence-electron chi connectivity index (χ4n) is 2.27. The zero-order valence-corrected chi connectivity index (χ0v) is 16.0. The summed E-state index contributed by atoms with van der Waals surface area (Å²) in [7, 11) is 0. The number of anilines is 2. The molecular formula is C18H14FN3O3S2. The van der Waals surface area contributed by atoms with Crippen LogP contribution in [0.15, 0.2) is 35.7 Å². The van der Waals surface area contributed by atoms with Gasteiger partial charge >= 0.3 is 0 Å². The third kappa shape index (κ3) is 4.44. The third-order valence-corrected chi connectivity index (χ3v) is 5.41. The highest BCUT2D eigenvalue weighted by molar-refractivity contribution is 7.16. The minimum Gasteiger partial charge on any atom is -0.326 e. The summed E-state index contributed by atoms with van der Waals surface area (Å²) in [5.74, 6) is -1.31. The Morgan fingerprint density at radius 1 is 1.04 bits per heavy atom.